The molecule has 0 spiro atoms. The van der Waals surface area contributed by atoms with E-state index in [0.29, 0.717) is 5.41 Å². The summed E-state index contributed by atoms with van der Waals surface area (Å²) in [4.78, 5) is 2.53. The summed E-state index contributed by atoms with van der Waals surface area (Å²) in [6, 6.07) is 0. The highest BCUT2D eigenvalue weighted by Gasteiger charge is 2.37. The third-order valence-electron chi connectivity index (χ3n) is 3.84. The molecule has 0 bridgehead atoms. The van der Waals surface area contributed by atoms with Crippen molar-refractivity contribution < 1.29 is 9.47 Å². The number of nitrogens with zero attached hydrogens (tertiary/aromatic N) is 1. The number of morpholine rings is 1. The minimum absolute atomic E-state index is 0.181. The standard InChI is InChI=1S/C14H28N2O2/c1-13(2,3)15-10-14(4-7-18-12-14)11-16-5-8-17-9-6-16/h15H,4-12H2,1-3H3. The molecule has 0 aromatic carbocycles. The van der Waals surface area contributed by atoms with Crippen LogP contribution in [0.1, 0.15) is 27.2 Å². The zero-order chi connectivity index (χ0) is 13.1. The number of ether oxygens (including phenoxy) is 2. The van der Waals surface area contributed by atoms with Gasteiger partial charge >= 0.3 is 0 Å². The molecule has 2 saturated heterocycles. The Kier molecular flexibility index (Phi) is 4.64. The van der Waals surface area contributed by atoms with Crippen molar-refractivity contribution >= 4 is 0 Å². The molecule has 0 aromatic rings. The molecule has 0 aromatic heterocycles. The summed E-state index contributed by atoms with van der Waals surface area (Å²) < 4.78 is 11.1. The van der Waals surface area contributed by atoms with Gasteiger partial charge in [0.25, 0.3) is 0 Å². The van der Waals surface area contributed by atoms with Crippen LogP contribution in [0, 0.1) is 5.41 Å². The van der Waals surface area contributed by atoms with Crippen molar-refractivity contribution in [3.63, 3.8) is 0 Å². The van der Waals surface area contributed by atoms with E-state index in [-0.39, 0.29) is 5.54 Å². The van der Waals surface area contributed by atoms with Crippen LogP contribution < -0.4 is 5.32 Å². The van der Waals surface area contributed by atoms with Crippen molar-refractivity contribution in [1.29, 1.82) is 0 Å². The van der Waals surface area contributed by atoms with Gasteiger partial charge in [-0.3, -0.25) is 4.90 Å². The topological polar surface area (TPSA) is 33.7 Å². The third-order valence-corrected chi connectivity index (χ3v) is 3.84. The van der Waals surface area contributed by atoms with Crippen LogP contribution >= 0.6 is 0 Å². The van der Waals surface area contributed by atoms with E-state index in [1.807, 2.05) is 0 Å². The van der Waals surface area contributed by atoms with Gasteiger partial charge in [0.15, 0.2) is 0 Å². The fourth-order valence-corrected chi connectivity index (χ4v) is 2.66. The zero-order valence-electron chi connectivity index (χ0n) is 12.1. The lowest BCUT2D eigenvalue weighted by Gasteiger charge is -2.38. The molecular formula is C14H28N2O2. The number of rotatable bonds is 4. The van der Waals surface area contributed by atoms with Crippen molar-refractivity contribution in [3.8, 4) is 0 Å². The van der Waals surface area contributed by atoms with E-state index in [1.165, 1.54) is 6.42 Å². The molecule has 1 unspecified atom stereocenters. The van der Waals surface area contributed by atoms with E-state index in [0.717, 1.165) is 52.6 Å². The van der Waals surface area contributed by atoms with Crippen LogP contribution in [-0.4, -0.2) is 63.0 Å². The lowest BCUT2D eigenvalue weighted by Crippen LogP contribution is -2.51. The third kappa shape index (κ3) is 4.19. The lowest BCUT2D eigenvalue weighted by atomic mass is 9.85. The molecule has 1 N–H and O–H groups in total. The van der Waals surface area contributed by atoms with Gasteiger partial charge in [-0.05, 0) is 27.2 Å². The molecular weight excluding hydrogens is 228 g/mol. The Hall–Kier alpha value is -0.160. The maximum Gasteiger partial charge on any atom is 0.0594 e. The molecule has 18 heavy (non-hydrogen) atoms. The predicted octanol–water partition coefficient (Wildman–Crippen LogP) is 1.11. The maximum atomic E-state index is 5.67. The van der Waals surface area contributed by atoms with Crippen LogP contribution in [0.4, 0.5) is 0 Å². The number of hydrogen-bond donors (Lipinski definition) is 1. The van der Waals surface area contributed by atoms with Gasteiger partial charge in [0.1, 0.15) is 0 Å². The smallest absolute Gasteiger partial charge is 0.0594 e. The maximum absolute atomic E-state index is 5.67. The van der Waals surface area contributed by atoms with Gasteiger partial charge in [-0.25, -0.2) is 0 Å². The highest BCUT2D eigenvalue weighted by Crippen LogP contribution is 2.30. The van der Waals surface area contributed by atoms with Crippen LogP contribution in [-0.2, 0) is 9.47 Å². The van der Waals surface area contributed by atoms with Gasteiger partial charge in [0, 0.05) is 43.7 Å². The van der Waals surface area contributed by atoms with Crippen LogP contribution in [0.5, 0.6) is 0 Å². The van der Waals surface area contributed by atoms with Crippen LogP contribution in [0.25, 0.3) is 0 Å². The average Bonchev–Trinajstić information content (AvgIpc) is 2.76. The molecule has 4 nitrogen and oxygen atoms in total. The van der Waals surface area contributed by atoms with E-state index in [4.69, 9.17) is 9.47 Å². The summed E-state index contributed by atoms with van der Waals surface area (Å²) in [6.07, 6.45) is 1.17. The SMILES string of the molecule is CC(C)(C)NCC1(CN2CCOCC2)CCOC1. The summed E-state index contributed by atoms with van der Waals surface area (Å²) in [5.74, 6) is 0. The predicted molar refractivity (Wildman–Crippen MR) is 72.9 cm³/mol. The van der Waals surface area contributed by atoms with Crippen LogP contribution in [0.15, 0.2) is 0 Å². The molecule has 2 heterocycles. The quantitative estimate of drug-likeness (QED) is 0.817. The van der Waals surface area contributed by atoms with E-state index in [1.54, 1.807) is 0 Å². The van der Waals surface area contributed by atoms with Crippen molar-refractivity contribution in [1.82, 2.24) is 10.2 Å². The average molecular weight is 256 g/mol. The molecule has 4 heteroatoms. The summed E-state index contributed by atoms with van der Waals surface area (Å²) in [5.41, 5.74) is 0.477. The van der Waals surface area contributed by atoms with Gasteiger partial charge < -0.3 is 14.8 Å². The normalized spacial score (nSPS) is 30.8. The molecule has 0 amide bonds. The number of hydrogen-bond acceptors (Lipinski definition) is 4. The van der Waals surface area contributed by atoms with Crippen molar-refractivity contribution in [2.24, 2.45) is 5.41 Å². The Bertz CT molecular complexity index is 251. The first-order chi connectivity index (χ1) is 8.49. The molecule has 0 saturated carbocycles. The summed E-state index contributed by atoms with van der Waals surface area (Å²) in [7, 11) is 0. The minimum atomic E-state index is 0.181. The van der Waals surface area contributed by atoms with Crippen molar-refractivity contribution in [3.05, 3.63) is 0 Å². The van der Waals surface area contributed by atoms with Gasteiger partial charge in [-0.1, -0.05) is 0 Å². The first kappa shape index (κ1) is 14.3. The molecule has 1 atom stereocenters. The van der Waals surface area contributed by atoms with E-state index in [2.05, 4.69) is 31.0 Å². The molecule has 2 aliphatic rings. The van der Waals surface area contributed by atoms with Gasteiger partial charge in [-0.2, -0.15) is 0 Å². The van der Waals surface area contributed by atoms with E-state index < -0.39 is 0 Å². The largest absolute Gasteiger partial charge is 0.381 e. The first-order valence-electron chi connectivity index (χ1n) is 7.12. The van der Waals surface area contributed by atoms with Crippen LogP contribution in [0.3, 0.4) is 0 Å². The summed E-state index contributed by atoms with van der Waals surface area (Å²) in [6.45, 7) is 14.6. The second-order valence-corrected chi connectivity index (χ2v) is 6.79. The fraction of sp³-hybridized carbons (Fsp3) is 1.00. The van der Waals surface area contributed by atoms with Crippen molar-refractivity contribution in [2.45, 2.75) is 32.7 Å². The lowest BCUT2D eigenvalue weighted by molar-refractivity contribution is 0.0118. The van der Waals surface area contributed by atoms with Crippen LogP contribution in [0.2, 0.25) is 0 Å². The Morgan fingerprint density at radius 1 is 1.11 bits per heavy atom. The summed E-state index contributed by atoms with van der Waals surface area (Å²) in [5, 5.41) is 3.66. The fourth-order valence-electron chi connectivity index (χ4n) is 2.66. The molecule has 2 aliphatic heterocycles. The molecule has 0 radical (unpaired) electrons. The Morgan fingerprint density at radius 3 is 2.39 bits per heavy atom. The highest BCUT2D eigenvalue weighted by atomic mass is 16.5. The number of nitrogens with one attached hydrogen (secondary N) is 1. The monoisotopic (exact) mass is 256 g/mol. The Morgan fingerprint density at radius 2 is 1.83 bits per heavy atom. The Balaban J connectivity index is 1.89. The van der Waals surface area contributed by atoms with Gasteiger partial charge in [0.2, 0.25) is 0 Å². The van der Waals surface area contributed by atoms with E-state index in [9.17, 15) is 0 Å². The van der Waals surface area contributed by atoms with E-state index >= 15 is 0 Å². The van der Waals surface area contributed by atoms with Gasteiger partial charge in [-0.15, -0.1) is 0 Å². The zero-order valence-corrected chi connectivity index (χ0v) is 12.1. The highest BCUT2D eigenvalue weighted by molar-refractivity contribution is 4.90. The first-order valence-corrected chi connectivity index (χ1v) is 7.12. The summed E-state index contributed by atoms with van der Waals surface area (Å²) >= 11 is 0. The van der Waals surface area contributed by atoms with Gasteiger partial charge in [0.05, 0.1) is 19.8 Å². The minimum Gasteiger partial charge on any atom is -0.381 e. The molecule has 2 rings (SSSR count). The Labute approximate surface area is 111 Å². The second kappa shape index (κ2) is 5.87. The second-order valence-electron chi connectivity index (χ2n) is 6.79. The molecule has 0 aliphatic carbocycles. The van der Waals surface area contributed by atoms with Crippen molar-refractivity contribution in [2.75, 3.05) is 52.6 Å². The molecule has 106 valence electrons. The molecule has 2 fully saturated rings.